The van der Waals surface area contributed by atoms with Crippen LogP contribution < -0.4 is 20.9 Å². The fraction of sp³-hybridized carbons (Fsp3) is 0.350. The minimum absolute atomic E-state index is 0.224. The first-order chi connectivity index (χ1) is 14.5. The summed E-state index contributed by atoms with van der Waals surface area (Å²) in [5.41, 5.74) is 12.2. The highest BCUT2D eigenvalue weighted by molar-refractivity contribution is 5.89. The van der Waals surface area contributed by atoms with Crippen molar-refractivity contribution in [1.82, 2.24) is 9.97 Å². The van der Waals surface area contributed by atoms with Crippen molar-refractivity contribution in [3.8, 4) is 17.6 Å². The van der Waals surface area contributed by atoms with E-state index in [1.165, 1.54) is 12.4 Å². The first kappa shape index (κ1) is 21.2. The number of carbonyl (C=O) groups excluding carboxylic acids is 2. The van der Waals surface area contributed by atoms with Crippen LogP contribution in [0.2, 0.25) is 0 Å². The number of esters is 2. The molecule has 0 saturated heterocycles. The fourth-order valence-corrected chi connectivity index (χ4v) is 2.97. The number of ether oxygens (including phenoxy) is 3. The van der Waals surface area contributed by atoms with Gasteiger partial charge in [0.2, 0.25) is 0 Å². The molecular weight excluding hydrogens is 390 g/mol. The Morgan fingerprint density at radius 3 is 2.70 bits per heavy atom. The Hall–Kier alpha value is -3.55. The molecule has 0 fully saturated rings. The molecule has 0 saturated carbocycles. The number of rotatable bonds is 8. The summed E-state index contributed by atoms with van der Waals surface area (Å²) in [6, 6.07) is 7.87. The monoisotopic (exact) mass is 411 g/mol. The molecule has 0 amide bonds. The maximum Gasteiger partial charge on any atom is 0.324 e. The van der Waals surface area contributed by atoms with Crippen LogP contribution in [0, 0.1) is 11.3 Å². The number of nitriles is 1. The Morgan fingerprint density at radius 1 is 1.23 bits per heavy atom. The summed E-state index contributed by atoms with van der Waals surface area (Å²) in [5.74, 6) is -1.23. The van der Waals surface area contributed by atoms with Gasteiger partial charge in [-0.1, -0.05) is 6.07 Å². The van der Waals surface area contributed by atoms with E-state index in [2.05, 4.69) is 9.97 Å². The van der Waals surface area contributed by atoms with Crippen LogP contribution in [0.4, 0.5) is 0 Å². The number of carbonyl (C=O) groups is 2. The van der Waals surface area contributed by atoms with Crippen molar-refractivity contribution in [3.63, 3.8) is 0 Å². The number of nitrogens with zero attached hydrogens (tertiary/aromatic N) is 3. The lowest BCUT2D eigenvalue weighted by atomic mass is 10.0. The molecule has 0 spiro atoms. The zero-order valence-corrected chi connectivity index (χ0v) is 16.1. The second kappa shape index (κ2) is 9.78. The maximum atomic E-state index is 12.6. The zero-order chi connectivity index (χ0) is 21.5. The summed E-state index contributed by atoms with van der Waals surface area (Å²) >= 11 is 0. The Balaban J connectivity index is 1.61. The van der Waals surface area contributed by atoms with Gasteiger partial charge in [-0.25, -0.2) is 9.97 Å². The summed E-state index contributed by atoms with van der Waals surface area (Å²) in [6.45, 7) is 0. The molecule has 0 radical (unpaired) electrons. The summed E-state index contributed by atoms with van der Waals surface area (Å²) in [6.07, 6.45) is 2.89. The molecule has 3 rings (SSSR count). The van der Waals surface area contributed by atoms with Gasteiger partial charge in [-0.2, -0.15) is 5.26 Å². The van der Waals surface area contributed by atoms with Gasteiger partial charge in [-0.05, 0) is 36.6 Å². The minimum Gasteiger partial charge on any atom is -0.438 e. The van der Waals surface area contributed by atoms with Crippen molar-refractivity contribution in [2.45, 2.75) is 44.1 Å². The van der Waals surface area contributed by atoms with E-state index < -0.39 is 30.3 Å². The van der Waals surface area contributed by atoms with E-state index in [0.29, 0.717) is 23.5 Å². The van der Waals surface area contributed by atoms with E-state index in [9.17, 15) is 9.59 Å². The molecule has 2 heterocycles. The van der Waals surface area contributed by atoms with Gasteiger partial charge in [-0.15, -0.1) is 0 Å². The number of nitrogens with two attached hydrogens (primary N) is 2. The zero-order valence-electron chi connectivity index (χ0n) is 16.1. The molecule has 3 atom stereocenters. The average Bonchev–Trinajstić information content (AvgIpc) is 3.10. The van der Waals surface area contributed by atoms with Crippen LogP contribution in [-0.2, 0) is 14.3 Å². The molecule has 2 aromatic rings. The first-order valence-electron chi connectivity index (χ1n) is 9.34. The van der Waals surface area contributed by atoms with E-state index in [4.69, 9.17) is 30.9 Å². The predicted octanol–water partition coefficient (Wildman–Crippen LogP) is 1.43. The summed E-state index contributed by atoms with van der Waals surface area (Å²) in [5, 5.41) is 8.72. The lowest BCUT2D eigenvalue weighted by Crippen LogP contribution is -2.28. The Morgan fingerprint density at radius 2 is 1.97 bits per heavy atom. The van der Waals surface area contributed by atoms with Crippen molar-refractivity contribution in [2.24, 2.45) is 11.5 Å². The molecule has 10 nitrogen and oxygen atoms in total. The van der Waals surface area contributed by atoms with Crippen molar-refractivity contribution in [1.29, 1.82) is 5.26 Å². The Bertz CT molecular complexity index is 946. The number of unbranched alkanes of at least 4 members (excludes halogenated alkanes) is 1. The maximum absolute atomic E-state index is 12.6. The smallest absolute Gasteiger partial charge is 0.324 e. The molecule has 4 N–H and O–H groups in total. The van der Waals surface area contributed by atoms with Crippen LogP contribution in [0.15, 0.2) is 36.7 Å². The van der Waals surface area contributed by atoms with Crippen molar-refractivity contribution in [2.75, 3.05) is 0 Å². The SMILES string of the molecule is N#CCCCC(C(=O)OC(=O)CC(N)c1ccc2c(c1)OC(N)O2)c1ncccn1. The molecule has 1 aromatic heterocycles. The Labute approximate surface area is 172 Å². The topological polar surface area (TPSA) is 163 Å². The van der Waals surface area contributed by atoms with E-state index in [-0.39, 0.29) is 25.1 Å². The Kier molecular flexibility index (Phi) is 6.90. The summed E-state index contributed by atoms with van der Waals surface area (Å²) in [7, 11) is 0. The lowest BCUT2D eigenvalue weighted by molar-refractivity contribution is -0.161. The van der Waals surface area contributed by atoms with E-state index >= 15 is 0 Å². The molecular formula is C20H21N5O5. The first-order valence-corrected chi connectivity index (χ1v) is 9.34. The predicted molar refractivity (Wildman–Crippen MR) is 103 cm³/mol. The number of benzene rings is 1. The molecule has 3 unspecified atom stereocenters. The van der Waals surface area contributed by atoms with Gasteiger partial charge in [0.15, 0.2) is 11.5 Å². The molecule has 156 valence electrons. The van der Waals surface area contributed by atoms with Crippen LogP contribution in [0.25, 0.3) is 0 Å². The van der Waals surface area contributed by atoms with Crippen LogP contribution in [0.3, 0.4) is 0 Å². The normalized spacial score (nSPS) is 16.4. The van der Waals surface area contributed by atoms with Crippen molar-refractivity contribution < 1.29 is 23.8 Å². The van der Waals surface area contributed by atoms with E-state index in [0.717, 1.165) is 0 Å². The third kappa shape index (κ3) is 5.28. The minimum atomic E-state index is -0.882. The third-order valence-corrected chi connectivity index (χ3v) is 4.45. The van der Waals surface area contributed by atoms with Gasteiger partial charge in [-0.3, -0.25) is 15.3 Å². The van der Waals surface area contributed by atoms with Crippen LogP contribution >= 0.6 is 0 Å². The molecule has 10 heteroatoms. The molecule has 0 bridgehead atoms. The molecule has 1 aromatic carbocycles. The van der Waals surface area contributed by atoms with Crippen molar-refractivity contribution >= 4 is 11.9 Å². The number of hydrogen-bond acceptors (Lipinski definition) is 10. The number of hydrogen-bond donors (Lipinski definition) is 2. The number of fused-ring (bicyclic) bond motifs is 1. The van der Waals surface area contributed by atoms with Gasteiger partial charge >= 0.3 is 11.9 Å². The van der Waals surface area contributed by atoms with Gasteiger partial charge < -0.3 is 19.9 Å². The van der Waals surface area contributed by atoms with Gasteiger partial charge in [0.25, 0.3) is 6.41 Å². The van der Waals surface area contributed by atoms with Crippen LogP contribution in [0.5, 0.6) is 11.5 Å². The lowest BCUT2D eigenvalue weighted by Gasteiger charge is -2.15. The molecule has 30 heavy (non-hydrogen) atoms. The molecule has 0 aliphatic carbocycles. The average molecular weight is 411 g/mol. The van der Waals surface area contributed by atoms with Gasteiger partial charge in [0.1, 0.15) is 11.7 Å². The van der Waals surface area contributed by atoms with E-state index in [1.807, 2.05) is 6.07 Å². The standard InChI is InChI=1S/C20H21N5O5/c21-7-2-1-4-13(18-24-8-3-9-25-18)19(27)30-17(26)11-14(22)12-5-6-15-16(10-12)29-20(23)28-15/h3,5-6,8-10,13-14,20H,1-2,4,11,22-23H2. The fourth-order valence-electron chi connectivity index (χ4n) is 2.97. The molecule has 1 aliphatic heterocycles. The largest absolute Gasteiger partial charge is 0.438 e. The van der Waals surface area contributed by atoms with Crippen LogP contribution in [-0.4, -0.2) is 28.3 Å². The highest BCUT2D eigenvalue weighted by Crippen LogP contribution is 2.35. The summed E-state index contributed by atoms with van der Waals surface area (Å²) in [4.78, 5) is 33.0. The highest BCUT2D eigenvalue weighted by Gasteiger charge is 2.28. The third-order valence-electron chi connectivity index (χ3n) is 4.45. The van der Waals surface area contributed by atoms with Crippen molar-refractivity contribution in [3.05, 3.63) is 48.0 Å². The van der Waals surface area contributed by atoms with E-state index in [1.54, 1.807) is 24.3 Å². The van der Waals surface area contributed by atoms with Crippen LogP contribution in [0.1, 0.15) is 49.0 Å². The van der Waals surface area contributed by atoms with Gasteiger partial charge in [0, 0.05) is 24.9 Å². The quantitative estimate of drug-likeness (QED) is 0.369. The van der Waals surface area contributed by atoms with Gasteiger partial charge in [0.05, 0.1) is 12.5 Å². The number of aromatic nitrogens is 2. The summed E-state index contributed by atoms with van der Waals surface area (Å²) < 4.78 is 15.5. The molecule has 1 aliphatic rings. The second-order valence-electron chi connectivity index (χ2n) is 6.62. The second-order valence-corrected chi connectivity index (χ2v) is 6.62. The highest BCUT2D eigenvalue weighted by atomic mass is 16.7.